The van der Waals surface area contributed by atoms with Gasteiger partial charge in [-0.3, -0.25) is 9.59 Å². The molecule has 3 aromatic carbocycles. The van der Waals surface area contributed by atoms with Crippen LogP contribution in [0.2, 0.25) is 0 Å². The maximum atomic E-state index is 13.0. The van der Waals surface area contributed by atoms with Crippen LogP contribution >= 0.6 is 22.6 Å². The fourth-order valence-corrected chi connectivity index (χ4v) is 4.65. The summed E-state index contributed by atoms with van der Waals surface area (Å²) in [5.74, 6) is 1.50. The van der Waals surface area contributed by atoms with Gasteiger partial charge in [-0.1, -0.05) is 30.3 Å². The molecule has 0 spiro atoms. The van der Waals surface area contributed by atoms with Gasteiger partial charge in [0.15, 0.2) is 5.75 Å². The third-order valence-corrected chi connectivity index (χ3v) is 7.02. The van der Waals surface area contributed by atoms with Gasteiger partial charge < -0.3 is 20.3 Å². The monoisotopic (exact) mass is 583 g/mol. The molecule has 1 fully saturated rings. The number of likely N-dealkylation sites (tertiary alicyclic amines) is 1. The SMILES string of the molecule is CC(=O)N1CCC(C(=O)Nc2ccccc2C(C)Nc2ccccc2Oc2ccc(I)cc2)CC1. The lowest BCUT2D eigenvalue weighted by Crippen LogP contribution is -2.40. The number of amides is 2. The minimum atomic E-state index is -0.0926. The number of hydrogen-bond acceptors (Lipinski definition) is 4. The van der Waals surface area contributed by atoms with E-state index in [0.29, 0.717) is 25.9 Å². The highest BCUT2D eigenvalue weighted by Gasteiger charge is 2.26. The predicted octanol–water partition coefficient (Wildman–Crippen LogP) is 6.45. The van der Waals surface area contributed by atoms with E-state index in [1.165, 1.54) is 0 Å². The normalized spacial score (nSPS) is 14.8. The summed E-state index contributed by atoms with van der Waals surface area (Å²) in [7, 11) is 0. The molecule has 1 heterocycles. The summed E-state index contributed by atoms with van der Waals surface area (Å²) in [6, 6.07) is 23.6. The van der Waals surface area contributed by atoms with Crippen molar-refractivity contribution >= 4 is 45.8 Å². The Bertz CT molecular complexity index is 1170. The van der Waals surface area contributed by atoms with Crippen LogP contribution in [0.3, 0.4) is 0 Å². The van der Waals surface area contributed by atoms with Crippen molar-refractivity contribution in [3.05, 3.63) is 81.9 Å². The van der Waals surface area contributed by atoms with Crippen molar-refractivity contribution < 1.29 is 14.3 Å². The van der Waals surface area contributed by atoms with E-state index in [4.69, 9.17) is 4.74 Å². The second-order valence-electron chi connectivity index (χ2n) is 8.78. The second-order valence-corrected chi connectivity index (χ2v) is 10.0. The number of piperidine rings is 1. The number of hydrogen-bond donors (Lipinski definition) is 2. The summed E-state index contributed by atoms with van der Waals surface area (Å²) in [5.41, 5.74) is 2.66. The molecular weight excluding hydrogens is 553 g/mol. The van der Waals surface area contributed by atoms with Gasteiger partial charge in [-0.25, -0.2) is 0 Å². The number of nitrogens with zero attached hydrogens (tertiary/aromatic N) is 1. The first-order chi connectivity index (χ1) is 16.9. The zero-order valence-electron chi connectivity index (χ0n) is 20.0. The molecule has 2 amide bonds. The van der Waals surface area contributed by atoms with Crippen LogP contribution < -0.4 is 15.4 Å². The summed E-state index contributed by atoms with van der Waals surface area (Å²) >= 11 is 2.27. The Balaban J connectivity index is 1.45. The number of carbonyl (C=O) groups excluding carboxylic acids is 2. The molecule has 0 saturated carbocycles. The van der Waals surface area contributed by atoms with Gasteiger partial charge in [0, 0.05) is 35.2 Å². The lowest BCUT2D eigenvalue weighted by molar-refractivity contribution is -0.132. The second kappa shape index (κ2) is 11.6. The van der Waals surface area contributed by atoms with Crippen molar-refractivity contribution in [3.63, 3.8) is 0 Å². The molecule has 6 nitrogen and oxygen atoms in total. The molecule has 1 aliphatic rings. The summed E-state index contributed by atoms with van der Waals surface area (Å²) in [6.07, 6.45) is 1.37. The Kier molecular flexibility index (Phi) is 8.28. The molecule has 4 rings (SSSR count). The van der Waals surface area contributed by atoms with Gasteiger partial charge in [0.25, 0.3) is 0 Å². The number of ether oxygens (including phenoxy) is 1. The number of carbonyl (C=O) groups is 2. The van der Waals surface area contributed by atoms with Crippen molar-refractivity contribution in [2.75, 3.05) is 23.7 Å². The molecule has 182 valence electrons. The Morgan fingerprint density at radius 3 is 2.26 bits per heavy atom. The van der Waals surface area contributed by atoms with E-state index in [-0.39, 0.29) is 23.8 Å². The molecule has 1 saturated heterocycles. The minimum absolute atomic E-state index is 0.00953. The zero-order valence-corrected chi connectivity index (χ0v) is 22.1. The first-order valence-corrected chi connectivity index (χ1v) is 12.9. The van der Waals surface area contributed by atoms with Crippen LogP contribution in [0.15, 0.2) is 72.8 Å². The molecule has 0 aliphatic carbocycles. The molecule has 1 unspecified atom stereocenters. The van der Waals surface area contributed by atoms with E-state index in [1.54, 1.807) is 11.8 Å². The van der Waals surface area contributed by atoms with Crippen molar-refractivity contribution in [2.24, 2.45) is 5.92 Å². The number of anilines is 2. The van der Waals surface area contributed by atoms with E-state index >= 15 is 0 Å². The van der Waals surface area contributed by atoms with Crippen LogP contribution in [0.5, 0.6) is 11.5 Å². The smallest absolute Gasteiger partial charge is 0.227 e. The fourth-order valence-electron chi connectivity index (χ4n) is 4.30. The van der Waals surface area contributed by atoms with Gasteiger partial charge in [-0.2, -0.15) is 0 Å². The molecule has 35 heavy (non-hydrogen) atoms. The minimum Gasteiger partial charge on any atom is -0.455 e. The van der Waals surface area contributed by atoms with Gasteiger partial charge in [0.05, 0.1) is 11.7 Å². The van der Waals surface area contributed by atoms with Crippen LogP contribution in [0.1, 0.15) is 38.3 Å². The number of halogens is 1. The van der Waals surface area contributed by atoms with Gasteiger partial charge in [-0.05, 0) is 90.4 Å². The number of para-hydroxylation sites is 3. The highest BCUT2D eigenvalue weighted by molar-refractivity contribution is 14.1. The Morgan fingerprint density at radius 2 is 1.57 bits per heavy atom. The maximum Gasteiger partial charge on any atom is 0.227 e. The van der Waals surface area contributed by atoms with Crippen molar-refractivity contribution in [1.29, 1.82) is 0 Å². The third-order valence-electron chi connectivity index (χ3n) is 6.30. The lowest BCUT2D eigenvalue weighted by atomic mass is 9.95. The van der Waals surface area contributed by atoms with Gasteiger partial charge in [-0.15, -0.1) is 0 Å². The van der Waals surface area contributed by atoms with Crippen LogP contribution in [-0.4, -0.2) is 29.8 Å². The van der Waals surface area contributed by atoms with E-state index in [0.717, 1.165) is 32.0 Å². The highest BCUT2D eigenvalue weighted by atomic mass is 127. The van der Waals surface area contributed by atoms with Crippen LogP contribution in [0.25, 0.3) is 0 Å². The molecule has 7 heteroatoms. The Morgan fingerprint density at radius 1 is 0.943 bits per heavy atom. The molecule has 0 radical (unpaired) electrons. The largest absolute Gasteiger partial charge is 0.455 e. The number of rotatable bonds is 7. The van der Waals surface area contributed by atoms with Crippen molar-refractivity contribution in [2.45, 2.75) is 32.7 Å². The summed E-state index contributed by atoms with van der Waals surface area (Å²) in [4.78, 5) is 26.4. The van der Waals surface area contributed by atoms with Crippen LogP contribution in [-0.2, 0) is 9.59 Å². The average molecular weight is 583 g/mol. The zero-order chi connectivity index (χ0) is 24.8. The van der Waals surface area contributed by atoms with E-state index < -0.39 is 0 Å². The van der Waals surface area contributed by atoms with Crippen LogP contribution in [0, 0.1) is 9.49 Å². The predicted molar refractivity (Wildman–Crippen MR) is 148 cm³/mol. The summed E-state index contributed by atoms with van der Waals surface area (Å²) in [6.45, 7) is 4.90. The van der Waals surface area contributed by atoms with E-state index in [1.807, 2.05) is 72.8 Å². The third kappa shape index (κ3) is 6.54. The van der Waals surface area contributed by atoms with Gasteiger partial charge in [0.1, 0.15) is 5.75 Å². The quantitative estimate of drug-likeness (QED) is 0.314. The van der Waals surface area contributed by atoms with Crippen LogP contribution in [0.4, 0.5) is 11.4 Å². The summed E-state index contributed by atoms with van der Waals surface area (Å²) < 4.78 is 7.29. The standard InChI is InChI=1S/C28H30IN3O3/c1-19(30-26-9-5-6-10-27(26)35-23-13-11-22(29)12-14-23)24-7-3-4-8-25(24)31-28(34)21-15-17-32(18-16-21)20(2)33/h3-14,19,21,30H,15-18H2,1-2H3,(H,31,34). The molecule has 1 aliphatic heterocycles. The first kappa shape index (κ1) is 25.0. The summed E-state index contributed by atoms with van der Waals surface area (Å²) in [5, 5.41) is 6.68. The van der Waals surface area contributed by atoms with Gasteiger partial charge in [0.2, 0.25) is 11.8 Å². The number of benzene rings is 3. The molecule has 1 atom stereocenters. The van der Waals surface area contributed by atoms with Crippen molar-refractivity contribution in [1.82, 2.24) is 4.90 Å². The molecule has 3 aromatic rings. The molecule has 2 N–H and O–H groups in total. The lowest BCUT2D eigenvalue weighted by Gasteiger charge is -2.30. The van der Waals surface area contributed by atoms with E-state index in [9.17, 15) is 9.59 Å². The van der Waals surface area contributed by atoms with Crippen molar-refractivity contribution in [3.8, 4) is 11.5 Å². The van der Waals surface area contributed by atoms with Gasteiger partial charge >= 0.3 is 0 Å². The Hall–Kier alpha value is -3.07. The first-order valence-electron chi connectivity index (χ1n) is 11.8. The molecule has 0 bridgehead atoms. The molecule has 0 aromatic heterocycles. The topological polar surface area (TPSA) is 70.7 Å². The maximum absolute atomic E-state index is 13.0. The Labute approximate surface area is 220 Å². The highest BCUT2D eigenvalue weighted by Crippen LogP contribution is 2.34. The average Bonchev–Trinajstić information content (AvgIpc) is 2.87. The molecular formula is C28H30IN3O3. The van der Waals surface area contributed by atoms with E-state index in [2.05, 4.69) is 40.1 Å². The number of nitrogens with one attached hydrogen (secondary N) is 2. The fraction of sp³-hybridized carbons (Fsp3) is 0.286.